The first-order chi connectivity index (χ1) is 11.3. The van der Waals surface area contributed by atoms with Gasteiger partial charge < -0.3 is 0 Å². The molecule has 3 aromatic carbocycles. The lowest BCUT2D eigenvalue weighted by molar-refractivity contribution is 1.09. The largest absolute Gasteiger partial charge is 0.117 e. The van der Waals surface area contributed by atoms with Gasteiger partial charge in [-0.3, -0.25) is 0 Å². The van der Waals surface area contributed by atoms with Gasteiger partial charge in [-0.05, 0) is 36.8 Å². The summed E-state index contributed by atoms with van der Waals surface area (Å²) in [4.78, 5) is 1.23. The molecule has 0 nitrogen and oxygen atoms in total. The van der Waals surface area contributed by atoms with Crippen LogP contribution in [0.4, 0.5) is 0 Å². The second kappa shape index (κ2) is 7.72. The van der Waals surface area contributed by atoms with Crippen LogP contribution in [0.2, 0.25) is 0 Å². The molecule has 0 saturated carbocycles. The molecule has 0 radical (unpaired) electrons. The Labute approximate surface area is 142 Å². The lowest BCUT2D eigenvalue weighted by Crippen LogP contribution is -1.89. The van der Waals surface area contributed by atoms with Crippen molar-refractivity contribution in [1.82, 2.24) is 0 Å². The Hall–Kier alpha value is -2.43. The molecule has 0 amide bonds. The molecule has 0 N–H and O–H groups in total. The number of rotatable bonds is 3. The van der Waals surface area contributed by atoms with Gasteiger partial charge in [0.15, 0.2) is 0 Å². The van der Waals surface area contributed by atoms with Crippen LogP contribution in [0, 0.1) is 11.8 Å². The van der Waals surface area contributed by atoms with E-state index in [-0.39, 0.29) is 0 Å². The smallest absolute Gasteiger partial charge is 0.0385 e. The summed E-state index contributed by atoms with van der Waals surface area (Å²) < 4.78 is 0. The van der Waals surface area contributed by atoms with Crippen molar-refractivity contribution < 1.29 is 0 Å². The molecule has 0 aliphatic carbocycles. The molecule has 0 unspecified atom stereocenters. The number of thioether (sulfide) groups is 1. The first kappa shape index (κ1) is 15.5. The van der Waals surface area contributed by atoms with Gasteiger partial charge in [0.1, 0.15) is 0 Å². The van der Waals surface area contributed by atoms with Crippen LogP contribution in [-0.2, 0) is 0 Å². The van der Waals surface area contributed by atoms with Gasteiger partial charge >= 0.3 is 0 Å². The minimum Gasteiger partial charge on any atom is -0.117 e. The van der Waals surface area contributed by atoms with Gasteiger partial charge in [-0.25, -0.2) is 0 Å². The summed E-state index contributed by atoms with van der Waals surface area (Å²) in [6.45, 7) is 2.24. The molecule has 0 aliphatic rings. The molecule has 0 heterocycles. The molecular weight excluding hydrogens is 296 g/mol. The van der Waals surface area contributed by atoms with Gasteiger partial charge in [0, 0.05) is 21.3 Å². The predicted molar refractivity (Wildman–Crippen MR) is 99.6 cm³/mol. The molecule has 3 rings (SSSR count). The van der Waals surface area contributed by atoms with Crippen molar-refractivity contribution in [2.24, 2.45) is 0 Å². The van der Waals surface area contributed by atoms with E-state index in [1.807, 2.05) is 48.2 Å². The van der Waals surface area contributed by atoms with Gasteiger partial charge in [-0.15, -0.1) is 11.8 Å². The SMILES string of the molecule is C[C@@H](Sc1ccccc1C#Cc1ccccc1)c1ccccc1. The maximum Gasteiger partial charge on any atom is 0.0385 e. The zero-order valence-electron chi connectivity index (χ0n) is 13.1. The monoisotopic (exact) mass is 314 g/mol. The summed E-state index contributed by atoms with van der Waals surface area (Å²) in [5.74, 6) is 6.57. The van der Waals surface area contributed by atoms with Crippen LogP contribution in [0.15, 0.2) is 89.8 Å². The average molecular weight is 314 g/mol. The van der Waals surface area contributed by atoms with Gasteiger partial charge in [-0.1, -0.05) is 72.5 Å². The van der Waals surface area contributed by atoms with Crippen molar-refractivity contribution in [2.75, 3.05) is 0 Å². The van der Waals surface area contributed by atoms with E-state index in [1.165, 1.54) is 10.5 Å². The second-order valence-electron chi connectivity index (χ2n) is 5.28. The summed E-state index contributed by atoms with van der Waals surface area (Å²) in [6.07, 6.45) is 0. The van der Waals surface area contributed by atoms with E-state index in [1.54, 1.807) is 0 Å². The van der Waals surface area contributed by atoms with Crippen LogP contribution < -0.4 is 0 Å². The van der Waals surface area contributed by atoms with Crippen molar-refractivity contribution >= 4 is 11.8 Å². The Kier molecular flexibility index (Phi) is 5.19. The molecule has 0 spiro atoms. The highest BCUT2D eigenvalue weighted by Crippen LogP contribution is 2.36. The minimum atomic E-state index is 0.399. The first-order valence-corrected chi connectivity index (χ1v) is 8.58. The third-order valence-corrected chi connectivity index (χ3v) is 4.81. The Morgan fingerprint density at radius 1 is 0.696 bits per heavy atom. The fraction of sp³-hybridized carbons (Fsp3) is 0.0909. The Morgan fingerprint density at radius 2 is 1.30 bits per heavy atom. The maximum atomic E-state index is 3.32. The molecular formula is C22H18S. The van der Waals surface area contributed by atoms with Crippen molar-refractivity contribution in [3.8, 4) is 11.8 Å². The van der Waals surface area contributed by atoms with E-state index in [4.69, 9.17) is 0 Å². The second-order valence-corrected chi connectivity index (χ2v) is 6.67. The summed E-state index contributed by atoms with van der Waals surface area (Å²) in [5.41, 5.74) is 3.47. The van der Waals surface area contributed by atoms with E-state index in [9.17, 15) is 0 Å². The Bertz CT molecular complexity index is 811. The number of hydrogen-bond donors (Lipinski definition) is 0. The standard InChI is InChI=1S/C22H18S/c1-18(20-12-6-3-7-13-20)23-22-15-9-8-14-21(22)17-16-19-10-4-2-5-11-19/h2-15,18H,1H3/t18-/m1/s1. The topological polar surface area (TPSA) is 0 Å². The number of benzene rings is 3. The summed E-state index contributed by atoms with van der Waals surface area (Å²) >= 11 is 1.86. The van der Waals surface area contributed by atoms with Crippen LogP contribution in [-0.4, -0.2) is 0 Å². The molecule has 1 heteroatoms. The van der Waals surface area contributed by atoms with Gasteiger partial charge in [0.2, 0.25) is 0 Å². The quantitative estimate of drug-likeness (QED) is 0.426. The maximum absolute atomic E-state index is 3.32. The van der Waals surface area contributed by atoms with Crippen LogP contribution in [0.25, 0.3) is 0 Å². The van der Waals surface area contributed by atoms with E-state index < -0.39 is 0 Å². The van der Waals surface area contributed by atoms with Crippen LogP contribution in [0.3, 0.4) is 0 Å². The highest BCUT2D eigenvalue weighted by Gasteiger charge is 2.09. The zero-order valence-corrected chi connectivity index (χ0v) is 13.9. The van der Waals surface area contributed by atoms with E-state index in [0.717, 1.165) is 11.1 Å². The molecule has 23 heavy (non-hydrogen) atoms. The van der Waals surface area contributed by atoms with E-state index in [2.05, 4.69) is 67.3 Å². The summed E-state index contributed by atoms with van der Waals surface area (Å²) in [7, 11) is 0. The first-order valence-electron chi connectivity index (χ1n) is 7.70. The van der Waals surface area contributed by atoms with Crippen molar-refractivity contribution in [2.45, 2.75) is 17.1 Å². The zero-order chi connectivity index (χ0) is 15.9. The lowest BCUT2D eigenvalue weighted by atomic mass is 10.2. The summed E-state index contributed by atoms with van der Waals surface area (Å²) in [5, 5.41) is 0.399. The van der Waals surface area contributed by atoms with E-state index >= 15 is 0 Å². The molecule has 0 bridgehead atoms. The van der Waals surface area contributed by atoms with Crippen molar-refractivity contribution in [3.63, 3.8) is 0 Å². The third-order valence-electron chi connectivity index (χ3n) is 3.58. The van der Waals surface area contributed by atoms with Crippen molar-refractivity contribution in [1.29, 1.82) is 0 Å². The highest BCUT2D eigenvalue weighted by atomic mass is 32.2. The Morgan fingerprint density at radius 3 is 2.04 bits per heavy atom. The molecule has 0 aliphatic heterocycles. The molecule has 112 valence electrons. The highest BCUT2D eigenvalue weighted by molar-refractivity contribution is 7.99. The van der Waals surface area contributed by atoms with Gasteiger partial charge in [0.25, 0.3) is 0 Å². The summed E-state index contributed by atoms with van der Waals surface area (Å²) in [6, 6.07) is 29.1. The van der Waals surface area contributed by atoms with Gasteiger partial charge in [-0.2, -0.15) is 0 Å². The predicted octanol–water partition coefficient (Wildman–Crippen LogP) is 5.94. The Balaban J connectivity index is 1.83. The molecule has 0 saturated heterocycles. The van der Waals surface area contributed by atoms with Gasteiger partial charge in [0.05, 0.1) is 0 Å². The average Bonchev–Trinajstić information content (AvgIpc) is 2.62. The third kappa shape index (κ3) is 4.28. The van der Waals surface area contributed by atoms with Crippen LogP contribution >= 0.6 is 11.8 Å². The van der Waals surface area contributed by atoms with Crippen molar-refractivity contribution in [3.05, 3.63) is 102 Å². The fourth-order valence-electron chi connectivity index (χ4n) is 2.32. The molecule has 3 aromatic rings. The lowest BCUT2D eigenvalue weighted by Gasteiger charge is -2.12. The molecule has 1 atom stereocenters. The fourth-order valence-corrected chi connectivity index (χ4v) is 3.39. The molecule has 0 aromatic heterocycles. The normalized spacial score (nSPS) is 11.3. The molecule has 0 fully saturated rings. The van der Waals surface area contributed by atoms with Crippen LogP contribution in [0.1, 0.15) is 28.9 Å². The van der Waals surface area contributed by atoms with E-state index in [0.29, 0.717) is 5.25 Å². The minimum absolute atomic E-state index is 0.399. The van der Waals surface area contributed by atoms with Crippen LogP contribution in [0.5, 0.6) is 0 Å². The number of hydrogen-bond acceptors (Lipinski definition) is 1.